The molecular formula is C26H33NS. The highest BCUT2D eigenvalue weighted by Crippen LogP contribution is 2.35. The molecule has 0 aliphatic heterocycles. The Bertz CT molecular complexity index is 910. The number of thiophene rings is 1. The largest absolute Gasteiger partial charge is 0.260 e. The minimum absolute atomic E-state index is 0.00905. The van der Waals surface area contributed by atoms with Crippen molar-refractivity contribution in [1.29, 1.82) is 0 Å². The fraction of sp³-hybridized carbons (Fsp3) is 0.423. The van der Waals surface area contributed by atoms with Crippen LogP contribution in [-0.4, -0.2) is 4.98 Å². The lowest BCUT2D eigenvalue weighted by molar-refractivity contribution is 0.502. The van der Waals surface area contributed by atoms with Crippen molar-refractivity contribution in [3.05, 3.63) is 87.4 Å². The van der Waals surface area contributed by atoms with Crippen LogP contribution in [0.3, 0.4) is 0 Å². The summed E-state index contributed by atoms with van der Waals surface area (Å²) in [7, 11) is 0. The molecule has 0 radical (unpaired) electrons. The van der Waals surface area contributed by atoms with E-state index in [-0.39, 0.29) is 16.2 Å². The Morgan fingerprint density at radius 1 is 0.821 bits per heavy atom. The third-order valence-corrected chi connectivity index (χ3v) is 6.95. The van der Waals surface area contributed by atoms with Crippen LogP contribution in [0.15, 0.2) is 60.1 Å². The van der Waals surface area contributed by atoms with E-state index in [1.807, 2.05) is 11.3 Å². The number of pyridine rings is 1. The van der Waals surface area contributed by atoms with Crippen molar-refractivity contribution in [3.8, 4) is 0 Å². The standard InChI is InChI=1S/C26H33NS/c1-24(2,3)20-11-8-10-19(16-20)17-25(4,5)22-14-13-21(18-27-22)26(6,7)23-12-9-15-28-23/h8-16,18H,17H2,1-7H3. The molecule has 2 heteroatoms. The van der Waals surface area contributed by atoms with Crippen molar-refractivity contribution in [3.63, 3.8) is 0 Å². The van der Waals surface area contributed by atoms with Crippen LogP contribution in [-0.2, 0) is 22.7 Å². The molecule has 3 aromatic rings. The van der Waals surface area contributed by atoms with Crippen LogP contribution < -0.4 is 0 Å². The van der Waals surface area contributed by atoms with Gasteiger partial charge in [0.25, 0.3) is 0 Å². The fourth-order valence-corrected chi connectivity index (χ4v) is 4.56. The molecule has 0 spiro atoms. The van der Waals surface area contributed by atoms with Gasteiger partial charge in [-0.1, -0.05) is 84.9 Å². The molecule has 0 aliphatic carbocycles. The summed E-state index contributed by atoms with van der Waals surface area (Å²) >= 11 is 1.81. The van der Waals surface area contributed by atoms with E-state index in [4.69, 9.17) is 4.98 Å². The number of hydrogen-bond donors (Lipinski definition) is 0. The lowest BCUT2D eigenvalue weighted by Gasteiger charge is -2.28. The van der Waals surface area contributed by atoms with E-state index < -0.39 is 0 Å². The minimum atomic E-state index is -0.0118. The summed E-state index contributed by atoms with van der Waals surface area (Å²) in [5.41, 5.74) is 5.34. The van der Waals surface area contributed by atoms with Gasteiger partial charge in [-0.2, -0.15) is 0 Å². The highest BCUT2D eigenvalue weighted by Gasteiger charge is 2.27. The molecule has 148 valence electrons. The van der Waals surface area contributed by atoms with Gasteiger partial charge in [-0.25, -0.2) is 0 Å². The molecule has 0 amide bonds. The van der Waals surface area contributed by atoms with E-state index in [1.165, 1.54) is 21.6 Å². The maximum atomic E-state index is 4.90. The average Bonchev–Trinajstić information content (AvgIpc) is 3.16. The van der Waals surface area contributed by atoms with Gasteiger partial charge in [-0.3, -0.25) is 4.98 Å². The second kappa shape index (κ2) is 7.48. The SMILES string of the molecule is CC(C)(C)c1cccc(CC(C)(C)c2ccc(C(C)(C)c3cccs3)cn2)c1. The smallest absolute Gasteiger partial charge is 0.0463 e. The van der Waals surface area contributed by atoms with Gasteiger partial charge in [-0.15, -0.1) is 11.3 Å². The average molecular weight is 392 g/mol. The highest BCUT2D eigenvalue weighted by molar-refractivity contribution is 7.10. The van der Waals surface area contributed by atoms with Crippen molar-refractivity contribution < 1.29 is 0 Å². The van der Waals surface area contributed by atoms with Gasteiger partial charge in [0.15, 0.2) is 0 Å². The molecule has 1 aromatic carbocycles. The summed E-state index contributed by atoms with van der Waals surface area (Å²) in [4.78, 5) is 6.27. The predicted octanol–water partition coefficient (Wildman–Crippen LogP) is 7.29. The van der Waals surface area contributed by atoms with Crippen LogP contribution in [0.2, 0.25) is 0 Å². The molecular weight excluding hydrogens is 358 g/mol. The summed E-state index contributed by atoms with van der Waals surface area (Å²) in [5, 5.41) is 2.15. The summed E-state index contributed by atoms with van der Waals surface area (Å²) in [6, 6.07) is 17.8. The minimum Gasteiger partial charge on any atom is -0.260 e. The molecule has 0 unspecified atom stereocenters. The van der Waals surface area contributed by atoms with E-state index in [0.717, 1.165) is 12.1 Å². The normalized spacial score (nSPS) is 13.0. The molecule has 0 atom stereocenters. The van der Waals surface area contributed by atoms with E-state index in [9.17, 15) is 0 Å². The van der Waals surface area contributed by atoms with Crippen molar-refractivity contribution in [1.82, 2.24) is 4.98 Å². The van der Waals surface area contributed by atoms with Gasteiger partial charge in [0, 0.05) is 27.6 Å². The van der Waals surface area contributed by atoms with Gasteiger partial charge in [-0.05, 0) is 46.0 Å². The van der Waals surface area contributed by atoms with Crippen LogP contribution in [0.1, 0.15) is 75.7 Å². The van der Waals surface area contributed by atoms with Gasteiger partial charge in [0.2, 0.25) is 0 Å². The molecule has 0 aliphatic rings. The zero-order valence-corrected chi connectivity index (χ0v) is 19.2. The fourth-order valence-electron chi connectivity index (χ4n) is 3.69. The summed E-state index contributed by atoms with van der Waals surface area (Å²) in [6.45, 7) is 16.0. The van der Waals surface area contributed by atoms with Crippen LogP contribution in [0.4, 0.5) is 0 Å². The Kier molecular flexibility index (Phi) is 5.55. The first-order valence-electron chi connectivity index (χ1n) is 10.1. The Morgan fingerprint density at radius 2 is 1.57 bits per heavy atom. The monoisotopic (exact) mass is 391 g/mol. The number of rotatable bonds is 5. The molecule has 0 saturated carbocycles. The molecule has 0 fully saturated rings. The van der Waals surface area contributed by atoms with E-state index in [0.29, 0.717) is 0 Å². The van der Waals surface area contributed by atoms with Crippen molar-refractivity contribution >= 4 is 11.3 Å². The van der Waals surface area contributed by atoms with E-state index >= 15 is 0 Å². The second-order valence-electron chi connectivity index (χ2n) is 10.0. The van der Waals surface area contributed by atoms with Crippen molar-refractivity contribution in [2.75, 3.05) is 0 Å². The highest BCUT2D eigenvalue weighted by atomic mass is 32.1. The molecule has 0 bridgehead atoms. The zero-order valence-electron chi connectivity index (χ0n) is 18.3. The first kappa shape index (κ1) is 20.8. The molecule has 28 heavy (non-hydrogen) atoms. The van der Waals surface area contributed by atoms with E-state index in [2.05, 4.69) is 109 Å². The lowest BCUT2D eigenvalue weighted by atomic mass is 9.79. The quantitative estimate of drug-likeness (QED) is 0.445. The van der Waals surface area contributed by atoms with Crippen molar-refractivity contribution in [2.24, 2.45) is 0 Å². The predicted molar refractivity (Wildman–Crippen MR) is 123 cm³/mol. The topological polar surface area (TPSA) is 12.9 Å². The van der Waals surface area contributed by atoms with Crippen LogP contribution in [0.5, 0.6) is 0 Å². The van der Waals surface area contributed by atoms with Crippen molar-refractivity contribution in [2.45, 2.75) is 71.1 Å². The molecule has 0 saturated heterocycles. The van der Waals surface area contributed by atoms with Crippen LogP contribution in [0, 0.1) is 0 Å². The maximum Gasteiger partial charge on any atom is 0.0463 e. The van der Waals surface area contributed by atoms with E-state index in [1.54, 1.807) is 0 Å². The second-order valence-corrected chi connectivity index (χ2v) is 11.0. The number of aromatic nitrogens is 1. The van der Waals surface area contributed by atoms with Gasteiger partial charge < -0.3 is 0 Å². The van der Waals surface area contributed by atoms with Crippen LogP contribution >= 0.6 is 11.3 Å². The number of benzene rings is 1. The number of nitrogens with zero attached hydrogens (tertiary/aromatic N) is 1. The number of hydrogen-bond acceptors (Lipinski definition) is 2. The summed E-state index contributed by atoms with van der Waals surface area (Å²) in [6.07, 6.45) is 3.06. The summed E-state index contributed by atoms with van der Waals surface area (Å²) in [5.74, 6) is 0. The van der Waals surface area contributed by atoms with Gasteiger partial charge >= 0.3 is 0 Å². The summed E-state index contributed by atoms with van der Waals surface area (Å²) < 4.78 is 0. The molecule has 3 rings (SSSR count). The zero-order chi connectivity index (χ0) is 20.6. The first-order valence-corrected chi connectivity index (χ1v) is 11.0. The Balaban J connectivity index is 1.83. The Morgan fingerprint density at radius 3 is 2.14 bits per heavy atom. The Labute approximate surface area is 174 Å². The van der Waals surface area contributed by atoms with Gasteiger partial charge in [0.1, 0.15) is 0 Å². The molecule has 2 heterocycles. The van der Waals surface area contributed by atoms with Gasteiger partial charge in [0.05, 0.1) is 0 Å². The maximum absolute atomic E-state index is 4.90. The van der Waals surface area contributed by atoms with Crippen LogP contribution in [0.25, 0.3) is 0 Å². The molecule has 0 N–H and O–H groups in total. The Hall–Kier alpha value is -1.93. The molecule has 2 aromatic heterocycles. The third-order valence-electron chi connectivity index (χ3n) is 5.75. The first-order chi connectivity index (χ1) is 13.0. The third kappa shape index (κ3) is 4.38. The molecule has 1 nitrogen and oxygen atoms in total. The lowest BCUT2D eigenvalue weighted by Crippen LogP contribution is -2.24.